The van der Waals surface area contributed by atoms with Gasteiger partial charge in [-0.05, 0) is 32.4 Å². The highest BCUT2D eigenvalue weighted by Crippen LogP contribution is 2.17. The first-order chi connectivity index (χ1) is 9.27. The fraction of sp³-hybridized carbons (Fsp3) is 0.462. The summed E-state index contributed by atoms with van der Waals surface area (Å²) in [6.45, 7) is 6.20. The summed E-state index contributed by atoms with van der Waals surface area (Å²) >= 11 is 4.88. The number of hydrogen-bond acceptors (Lipinski definition) is 4. The van der Waals surface area contributed by atoms with Gasteiger partial charge >= 0.3 is 0 Å². The lowest BCUT2D eigenvalue weighted by Gasteiger charge is -2.16. The van der Waals surface area contributed by atoms with E-state index in [1.54, 1.807) is 26.0 Å². The summed E-state index contributed by atoms with van der Waals surface area (Å²) < 4.78 is 32.5. The maximum Gasteiger partial charge on any atom is 0.241 e. The van der Waals surface area contributed by atoms with E-state index in [-0.39, 0.29) is 15.9 Å². The molecule has 20 heavy (non-hydrogen) atoms. The lowest BCUT2D eigenvalue weighted by Crippen LogP contribution is -2.36. The highest BCUT2D eigenvalue weighted by atomic mass is 32.2. The van der Waals surface area contributed by atoms with Crippen molar-refractivity contribution < 1.29 is 13.2 Å². The number of aryl methyl sites for hydroxylation is 1. The van der Waals surface area contributed by atoms with Gasteiger partial charge in [-0.1, -0.05) is 24.4 Å². The second kappa shape index (κ2) is 7.12. The molecule has 1 aromatic carbocycles. The molecular formula is C13H20N2O3S2. The van der Waals surface area contributed by atoms with Crippen LogP contribution in [0.3, 0.4) is 0 Å². The van der Waals surface area contributed by atoms with Crippen molar-refractivity contribution in [2.24, 2.45) is 5.73 Å². The normalized spacial score (nSPS) is 13.2. The third-order valence-electron chi connectivity index (χ3n) is 2.69. The van der Waals surface area contributed by atoms with Crippen LogP contribution in [0.25, 0.3) is 0 Å². The molecule has 5 nitrogen and oxygen atoms in total. The smallest absolute Gasteiger partial charge is 0.241 e. The maximum absolute atomic E-state index is 12.4. The van der Waals surface area contributed by atoms with Crippen LogP contribution in [-0.2, 0) is 14.8 Å². The molecule has 1 unspecified atom stereocenters. The van der Waals surface area contributed by atoms with Crippen molar-refractivity contribution in [3.63, 3.8) is 0 Å². The third kappa shape index (κ3) is 4.52. The van der Waals surface area contributed by atoms with E-state index < -0.39 is 10.0 Å². The Kier molecular flexibility index (Phi) is 6.07. The maximum atomic E-state index is 12.4. The van der Waals surface area contributed by atoms with E-state index >= 15 is 0 Å². The van der Waals surface area contributed by atoms with Gasteiger partial charge in [0.15, 0.2) is 0 Å². The highest BCUT2D eigenvalue weighted by molar-refractivity contribution is 7.89. The van der Waals surface area contributed by atoms with E-state index in [1.807, 2.05) is 6.92 Å². The topological polar surface area (TPSA) is 81.4 Å². The van der Waals surface area contributed by atoms with Crippen molar-refractivity contribution in [1.29, 1.82) is 0 Å². The van der Waals surface area contributed by atoms with Crippen LogP contribution in [0.1, 0.15) is 25.0 Å². The minimum absolute atomic E-state index is 0.170. The number of nitrogens with one attached hydrogen (secondary N) is 1. The molecule has 0 amide bonds. The SMILES string of the molecule is CCOCC(C)NS(=O)(=O)c1cc(C(N)=S)ccc1C. The molecule has 0 fully saturated rings. The number of hydrogen-bond donors (Lipinski definition) is 2. The molecule has 112 valence electrons. The summed E-state index contributed by atoms with van der Waals surface area (Å²) in [4.78, 5) is 0.356. The molecule has 1 atom stereocenters. The molecule has 3 N–H and O–H groups in total. The third-order valence-corrected chi connectivity index (χ3v) is 4.66. The zero-order chi connectivity index (χ0) is 15.3. The highest BCUT2D eigenvalue weighted by Gasteiger charge is 2.20. The van der Waals surface area contributed by atoms with Crippen molar-refractivity contribution >= 4 is 27.2 Å². The molecule has 0 bridgehead atoms. The van der Waals surface area contributed by atoms with Gasteiger partial charge in [-0.2, -0.15) is 0 Å². The van der Waals surface area contributed by atoms with E-state index in [0.717, 1.165) is 0 Å². The molecule has 0 aliphatic rings. The lowest BCUT2D eigenvalue weighted by atomic mass is 10.1. The molecule has 0 saturated carbocycles. The Morgan fingerprint density at radius 2 is 2.15 bits per heavy atom. The van der Waals surface area contributed by atoms with Crippen LogP contribution in [0.15, 0.2) is 23.1 Å². The van der Waals surface area contributed by atoms with Crippen LogP contribution in [0.2, 0.25) is 0 Å². The minimum Gasteiger partial charge on any atom is -0.389 e. The summed E-state index contributed by atoms with van der Waals surface area (Å²) in [6.07, 6.45) is 0. The van der Waals surface area contributed by atoms with Crippen LogP contribution < -0.4 is 10.5 Å². The molecule has 0 saturated heterocycles. The number of rotatable bonds is 7. The molecule has 1 aromatic rings. The monoisotopic (exact) mass is 316 g/mol. The first-order valence-electron chi connectivity index (χ1n) is 6.28. The first-order valence-corrected chi connectivity index (χ1v) is 8.17. The van der Waals surface area contributed by atoms with Gasteiger partial charge in [-0.15, -0.1) is 0 Å². The molecule has 0 aliphatic heterocycles. The van der Waals surface area contributed by atoms with Crippen molar-refractivity contribution in [2.45, 2.75) is 31.7 Å². The summed E-state index contributed by atoms with van der Waals surface area (Å²) in [5.41, 5.74) is 6.71. The van der Waals surface area contributed by atoms with E-state index in [4.69, 9.17) is 22.7 Å². The number of nitrogens with two attached hydrogens (primary N) is 1. The minimum atomic E-state index is -3.62. The summed E-state index contributed by atoms with van der Waals surface area (Å²) in [5, 5.41) is 0. The largest absolute Gasteiger partial charge is 0.389 e. The second-order valence-electron chi connectivity index (χ2n) is 4.53. The second-order valence-corrected chi connectivity index (χ2v) is 6.65. The van der Waals surface area contributed by atoms with Gasteiger partial charge in [0, 0.05) is 18.2 Å². The standard InChI is InChI=1S/C13H20N2O3S2/c1-4-18-8-10(3)15-20(16,17)12-7-11(13(14)19)6-5-9(12)2/h5-7,10,15H,4,8H2,1-3H3,(H2,14,19). The molecule has 0 spiro atoms. The molecule has 0 heterocycles. The molecule has 0 radical (unpaired) electrons. The summed E-state index contributed by atoms with van der Waals surface area (Å²) in [5.74, 6) is 0. The van der Waals surface area contributed by atoms with Crippen molar-refractivity contribution in [2.75, 3.05) is 13.2 Å². The molecule has 0 aliphatic carbocycles. The van der Waals surface area contributed by atoms with Crippen molar-refractivity contribution in [3.05, 3.63) is 29.3 Å². The van der Waals surface area contributed by atoms with Crippen molar-refractivity contribution in [3.8, 4) is 0 Å². The fourth-order valence-corrected chi connectivity index (χ4v) is 3.33. The van der Waals surface area contributed by atoms with Gasteiger partial charge in [0.05, 0.1) is 11.5 Å². The van der Waals surface area contributed by atoms with E-state index in [2.05, 4.69) is 4.72 Å². The van der Waals surface area contributed by atoms with Gasteiger partial charge in [0.1, 0.15) is 4.99 Å². The zero-order valence-corrected chi connectivity index (χ0v) is 13.5. The molecule has 7 heteroatoms. The average Bonchev–Trinajstić information content (AvgIpc) is 2.35. The van der Waals surface area contributed by atoms with Crippen LogP contribution in [0.5, 0.6) is 0 Å². The summed E-state index contributed by atoms with van der Waals surface area (Å²) in [6, 6.07) is 4.58. The molecule has 0 aromatic heterocycles. The Bertz CT molecular complexity index is 585. The van der Waals surface area contributed by atoms with Crippen LogP contribution in [0.4, 0.5) is 0 Å². The number of sulfonamides is 1. The Morgan fingerprint density at radius 1 is 1.50 bits per heavy atom. The van der Waals surface area contributed by atoms with Gasteiger partial charge in [0.2, 0.25) is 10.0 Å². The van der Waals surface area contributed by atoms with E-state index in [1.165, 1.54) is 6.07 Å². The zero-order valence-electron chi connectivity index (χ0n) is 11.8. The number of thiocarbonyl (C=S) groups is 1. The molecular weight excluding hydrogens is 296 g/mol. The Morgan fingerprint density at radius 3 is 2.70 bits per heavy atom. The Balaban J connectivity index is 3.03. The van der Waals surface area contributed by atoms with E-state index in [0.29, 0.717) is 24.3 Å². The fourth-order valence-electron chi connectivity index (χ4n) is 1.70. The van der Waals surface area contributed by atoms with Gasteiger partial charge in [-0.3, -0.25) is 0 Å². The molecule has 1 rings (SSSR count). The van der Waals surface area contributed by atoms with Gasteiger partial charge in [-0.25, -0.2) is 13.1 Å². The quantitative estimate of drug-likeness (QED) is 0.742. The van der Waals surface area contributed by atoms with Crippen LogP contribution in [-0.4, -0.2) is 32.7 Å². The Labute approximate surface area is 125 Å². The van der Waals surface area contributed by atoms with E-state index in [9.17, 15) is 8.42 Å². The first kappa shape index (κ1) is 17.0. The van der Waals surface area contributed by atoms with Gasteiger partial charge in [0.25, 0.3) is 0 Å². The van der Waals surface area contributed by atoms with Crippen LogP contribution in [0, 0.1) is 6.92 Å². The van der Waals surface area contributed by atoms with Crippen LogP contribution >= 0.6 is 12.2 Å². The Hall–Kier alpha value is -1.02. The van der Waals surface area contributed by atoms with Crippen molar-refractivity contribution in [1.82, 2.24) is 4.72 Å². The predicted molar refractivity (Wildman–Crippen MR) is 83.3 cm³/mol. The number of ether oxygens (including phenoxy) is 1. The summed E-state index contributed by atoms with van der Waals surface area (Å²) in [7, 11) is -3.62. The predicted octanol–water partition coefficient (Wildman–Crippen LogP) is 1.33. The van der Waals surface area contributed by atoms with Gasteiger partial charge < -0.3 is 10.5 Å². The number of benzene rings is 1. The average molecular weight is 316 g/mol. The lowest BCUT2D eigenvalue weighted by molar-refractivity contribution is 0.133.